The summed E-state index contributed by atoms with van der Waals surface area (Å²) in [6, 6.07) is 12.1. The van der Waals surface area contributed by atoms with Crippen LogP contribution in [-0.2, 0) is 17.6 Å². The van der Waals surface area contributed by atoms with E-state index in [9.17, 15) is 4.79 Å². The fraction of sp³-hybridized carbons (Fsp3) is 0.412. The maximum absolute atomic E-state index is 12.4. The number of carbonyl (C=O) groups is 1. The van der Waals surface area contributed by atoms with Gasteiger partial charge in [0.25, 0.3) is 5.91 Å². The third kappa shape index (κ3) is 3.36. The molecular weight excluding hydrogens is 280 g/mol. The van der Waals surface area contributed by atoms with Gasteiger partial charge < -0.3 is 14.2 Å². The molecule has 0 radical (unpaired) electrons. The van der Waals surface area contributed by atoms with Gasteiger partial charge in [-0.25, -0.2) is 0 Å². The Kier molecular flexibility index (Phi) is 4.53. The molecule has 1 unspecified atom stereocenters. The van der Waals surface area contributed by atoms with Gasteiger partial charge in [-0.3, -0.25) is 4.79 Å². The zero-order valence-corrected chi connectivity index (χ0v) is 12.7. The highest BCUT2D eigenvalue weighted by Crippen LogP contribution is 2.15. The van der Waals surface area contributed by atoms with E-state index in [4.69, 9.17) is 9.26 Å². The van der Waals surface area contributed by atoms with E-state index in [2.05, 4.69) is 17.3 Å². The van der Waals surface area contributed by atoms with Gasteiger partial charge in [0.05, 0.1) is 18.3 Å². The number of hydrogen-bond donors (Lipinski definition) is 0. The van der Waals surface area contributed by atoms with Crippen molar-refractivity contribution in [1.29, 1.82) is 0 Å². The molecule has 0 saturated carbocycles. The van der Waals surface area contributed by atoms with Crippen LogP contribution in [0.4, 0.5) is 0 Å². The van der Waals surface area contributed by atoms with Crippen LogP contribution in [0.1, 0.15) is 28.2 Å². The monoisotopic (exact) mass is 300 g/mol. The van der Waals surface area contributed by atoms with Crippen molar-refractivity contribution in [2.75, 3.05) is 20.3 Å². The third-order valence-corrected chi connectivity index (χ3v) is 4.06. The number of ether oxygens (including phenoxy) is 1. The Bertz CT molecular complexity index is 618. The minimum atomic E-state index is -0.131. The van der Waals surface area contributed by atoms with E-state index in [1.54, 1.807) is 18.0 Å². The summed E-state index contributed by atoms with van der Waals surface area (Å²) in [6.07, 6.45) is 2.52. The van der Waals surface area contributed by atoms with E-state index in [0.29, 0.717) is 19.0 Å². The van der Waals surface area contributed by atoms with E-state index < -0.39 is 0 Å². The maximum Gasteiger partial charge on any atom is 0.292 e. The molecular formula is C17H20N2O3. The average Bonchev–Trinajstić information content (AvgIpc) is 3.24. The lowest BCUT2D eigenvalue weighted by molar-refractivity contribution is 0.0670. The fourth-order valence-electron chi connectivity index (χ4n) is 2.61. The molecule has 116 valence electrons. The lowest BCUT2D eigenvalue weighted by Crippen LogP contribution is -2.37. The topological polar surface area (TPSA) is 55.6 Å². The second-order valence-corrected chi connectivity index (χ2v) is 5.60. The molecule has 1 fully saturated rings. The van der Waals surface area contributed by atoms with E-state index in [0.717, 1.165) is 25.0 Å². The van der Waals surface area contributed by atoms with Crippen molar-refractivity contribution in [3.8, 4) is 0 Å². The molecule has 1 saturated heterocycles. The minimum Gasteiger partial charge on any atom is -0.379 e. The van der Waals surface area contributed by atoms with Crippen LogP contribution in [0, 0.1) is 0 Å². The van der Waals surface area contributed by atoms with Crippen LogP contribution < -0.4 is 0 Å². The van der Waals surface area contributed by atoms with E-state index in [-0.39, 0.29) is 11.9 Å². The molecule has 0 spiro atoms. The molecule has 1 amide bonds. The summed E-state index contributed by atoms with van der Waals surface area (Å²) in [5.41, 5.74) is 2.06. The first-order valence-electron chi connectivity index (χ1n) is 7.58. The summed E-state index contributed by atoms with van der Waals surface area (Å²) in [5.74, 6) is 0.173. The van der Waals surface area contributed by atoms with Crippen molar-refractivity contribution in [2.24, 2.45) is 0 Å². The molecule has 1 aromatic carbocycles. The molecule has 0 aliphatic carbocycles. The number of amides is 1. The molecule has 3 rings (SSSR count). The van der Waals surface area contributed by atoms with Crippen LogP contribution >= 0.6 is 0 Å². The lowest BCUT2D eigenvalue weighted by Gasteiger charge is -2.21. The van der Waals surface area contributed by atoms with Crippen LogP contribution in [0.15, 0.2) is 40.9 Å². The molecule has 2 aromatic rings. The third-order valence-electron chi connectivity index (χ3n) is 4.06. The number of aromatic nitrogens is 1. The van der Waals surface area contributed by atoms with Crippen LogP contribution in [-0.4, -0.2) is 42.3 Å². The second kappa shape index (κ2) is 6.75. The van der Waals surface area contributed by atoms with Gasteiger partial charge in [0.1, 0.15) is 0 Å². The van der Waals surface area contributed by atoms with Gasteiger partial charge >= 0.3 is 0 Å². The molecule has 0 bridgehead atoms. The summed E-state index contributed by atoms with van der Waals surface area (Å²) >= 11 is 0. The van der Waals surface area contributed by atoms with Crippen LogP contribution in [0.5, 0.6) is 0 Å². The fourth-order valence-corrected chi connectivity index (χ4v) is 2.61. The van der Waals surface area contributed by atoms with Gasteiger partial charge in [-0.2, -0.15) is 0 Å². The predicted molar refractivity (Wildman–Crippen MR) is 81.7 cm³/mol. The minimum absolute atomic E-state index is 0.130. The highest BCUT2D eigenvalue weighted by molar-refractivity contribution is 5.91. The number of hydrogen-bond acceptors (Lipinski definition) is 4. The van der Waals surface area contributed by atoms with Gasteiger partial charge in [0.15, 0.2) is 0 Å². The summed E-state index contributed by atoms with van der Waals surface area (Å²) < 4.78 is 10.5. The van der Waals surface area contributed by atoms with Gasteiger partial charge in [-0.1, -0.05) is 35.5 Å². The summed E-state index contributed by atoms with van der Waals surface area (Å²) in [6.45, 7) is 1.30. The molecule has 1 aliphatic heterocycles. The number of carbonyl (C=O) groups excluding carboxylic acids is 1. The number of nitrogens with zero attached hydrogens (tertiary/aromatic N) is 2. The predicted octanol–water partition coefficient (Wildman–Crippen LogP) is 2.32. The maximum atomic E-state index is 12.4. The Balaban J connectivity index is 1.59. The van der Waals surface area contributed by atoms with Crippen molar-refractivity contribution in [3.63, 3.8) is 0 Å². The van der Waals surface area contributed by atoms with Crippen molar-refractivity contribution >= 4 is 5.91 Å². The van der Waals surface area contributed by atoms with E-state index in [1.165, 1.54) is 5.56 Å². The number of benzene rings is 1. The standard InChI is InChI=1S/C17H20N2O3/c1-19(15-9-10-21-12-15)17(20)16-11-14(18-22-16)8-7-13-5-3-2-4-6-13/h2-6,11,15H,7-10,12H2,1H3. The molecule has 22 heavy (non-hydrogen) atoms. The molecule has 0 N–H and O–H groups in total. The highest BCUT2D eigenvalue weighted by atomic mass is 16.5. The van der Waals surface area contributed by atoms with Gasteiger partial charge in [-0.05, 0) is 24.8 Å². The number of aryl methyl sites for hydroxylation is 2. The summed E-state index contributed by atoms with van der Waals surface area (Å²) in [7, 11) is 1.79. The van der Waals surface area contributed by atoms with Crippen molar-refractivity contribution in [1.82, 2.24) is 10.1 Å². The Labute approximate surface area is 129 Å². The SMILES string of the molecule is CN(C(=O)c1cc(CCc2ccccc2)no1)C1CCOC1. The molecule has 2 heterocycles. The smallest absolute Gasteiger partial charge is 0.292 e. The second-order valence-electron chi connectivity index (χ2n) is 5.60. The number of likely N-dealkylation sites (N-methyl/N-ethyl adjacent to an activating group) is 1. The normalized spacial score (nSPS) is 17.6. The first kappa shape index (κ1) is 14.8. The van der Waals surface area contributed by atoms with Crippen molar-refractivity contribution in [3.05, 3.63) is 53.4 Å². The summed E-state index contributed by atoms with van der Waals surface area (Å²) in [4.78, 5) is 14.0. The van der Waals surface area contributed by atoms with Crippen molar-refractivity contribution < 1.29 is 14.1 Å². The van der Waals surface area contributed by atoms with Crippen LogP contribution in [0.2, 0.25) is 0 Å². The molecule has 1 aliphatic rings. The van der Waals surface area contributed by atoms with Crippen molar-refractivity contribution in [2.45, 2.75) is 25.3 Å². The zero-order valence-electron chi connectivity index (χ0n) is 12.7. The first-order valence-corrected chi connectivity index (χ1v) is 7.58. The Morgan fingerprint density at radius 1 is 1.32 bits per heavy atom. The quantitative estimate of drug-likeness (QED) is 0.850. The summed E-state index contributed by atoms with van der Waals surface area (Å²) in [5, 5.41) is 4.01. The average molecular weight is 300 g/mol. The van der Waals surface area contributed by atoms with Crippen LogP contribution in [0.3, 0.4) is 0 Å². The molecule has 5 heteroatoms. The number of rotatable bonds is 5. The van der Waals surface area contributed by atoms with Gasteiger partial charge in [-0.15, -0.1) is 0 Å². The zero-order chi connectivity index (χ0) is 15.4. The first-order chi connectivity index (χ1) is 10.7. The highest BCUT2D eigenvalue weighted by Gasteiger charge is 2.27. The Morgan fingerprint density at radius 3 is 2.86 bits per heavy atom. The van der Waals surface area contributed by atoms with E-state index >= 15 is 0 Å². The Hall–Kier alpha value is -2.14. The molecule has 5 nitrogen and oxygen atoms in total. The largest absolute Gasteiger partial charge is 0.379 e. The lowest BCUT2D eigenvalue weighted by atomic mass is 10.1. The van der Waals surface area contributed by atoms with E-state index in [1.807, 2.05) is 18.2 Å². The van der Waals surface area contributed by atoms with Gasteiger partial charge in [0.2, 0.25) is 5.76 Å². The van der Waals surface area contributed by atoms with Crippen LogP contribution in [0.25, 0.3) is 0 Å². The van der Waals surface area contributed by atoms with Gasteiger partial charge in [0, 0.05) is 19.7 Å². The molecule has 1 aromatic heterocycles. The Morgan fingerprint density at radius 2 is 2.14 bits per heavy atom. The molecule has 1 atom stereocenters.